The summed E-state index contributed by atoms with van der Waals surface area (Å²) in [5.74, 6) is 0.220. The van der Waals surface area contributed by atoms with E-state index in [0.29, 0.717) is 11.3 Å². The van der Waals surface area contributed by atoms with Crippen molar-refractivity contribution >= 4 is 17.4 Å². The van der Waals surface area contributed by atoms with Crippen LogP contribution in [-0.4, -0.2) is 51.1 Å². The highest BCUT2D eigenvalue weighted by atomic mass is 16.5. The zero-order valence-electron chi connectivity index (χ0n) is 16.4. The van der Waals surface area contributed by atoms with E-state index in [0.717, 1.165) is 43.1 Å². The molecule has 6 nitrogen and oxygen atoms in total. The van der Waals surface area contributed by atoms with Crippen molar-refractivity contribution in [2.75, 3.05) is 44.4 Å². The van der Waals surface area contributed by atoms with Crippen LogP contribution in [0.2, 0.25) is 0 Å². The summed E-state index contributed by atoms with van der Waals surface area (Å²) >= 11 is 0. The number of ketones is 1. The minimum atomic E-state index is -0.321. The fraction of sp³-hybridized carbons (Fsp3) is 0.364. The lowest BCUT2D eigenvalue weighted by Crippen LogP contribution is -2.36. The normalized spacial score (nSPS) is 13.9. The van der Waals surface area contributed by atoms with E-state index in [9.17, 15) is 9.59 Å². The van der Waals surface area contributed by atoms with Gasteiger partial charge in [0.05, 0.1) is 19.8 Å². The maximum atomic E-state index is 12.3. The van der Waals surface area contributed by atoms with Crippen molar-refractivity contribution in [3.63, 3.8) is 0 Å². The van der Waals surface area contributed by atoms with Crippen LogP contribution < -0.4 is 15.0 Å². The molecule has 28 heavy (non-hydrogen) atoms. The largest absolute Gasteiger partial charge is 0.484 e. The van der Waals surface area contributed by atoms with Crippen LogP contribution in [0, 0.1) is 13.8 Å². The van der Waals surface area contributed by atoms with Gasteiger partial charge in [-0.1, -0.05) is 17.7 Å². The summed E-state index contributed by atoms with van der Waals surface area (Å²) in [7, 11) is 0. The van der Waals surface area contributed by atoms with Crippen molar-refractivity contribution in [3.05, 3.63) is 59.2 Å². The van der Waals surface area contributed by atoms with Gasteiger partial charge in [-0.2, -0.15) is 0 Å². The molecule has 0 aliphatic carbocycles. The summed E-state index contributed by atoms with van der Waals surface area (Å²) in [5, 5.41) is 2.62. The van der Waals surface area contributed by atoms with Gasteiger partial charge in [0.25, 0.3) is 5.91 Å². The number of ether oxygens (including phenoxy) is 2. The Morgan fingerprint density at radius 2 is 1.79 bits per heavy atom. The molecule has 0 aromatic heterocycles. The van der Waals surface area contributed by atoms with Gasteiger partial charge in [0, 0.05) is 24.3 Å². The summed E-state index contributed by atoms with van der Waals surface area (Å²) in [6, 6.07) is 13.2. The smallest absolute Gasteiger partial charge is 0.258 e. The molecular formula is C22H26N2O4. The number of carbonyl (C=O) groups is 2. The number of carbonyl (C=O) groups excluding carboxylic acids is 2. The lowest BCUT2D eigenvalue weighted by Gasteiger charge is -2.28. The highest BCUT2D eigenvalue weighted by Gasteiger charge is 2.13. The first-order valence-corrected chi connectivity index (χ1v) is 9.45. The molecule has 1 aliphatic rings. The first kappa shape index (κ1) is 19.9. The fourth-order valence-electron chi connectivity index (χ4n) is 3.12. The van der Waals surface area contributed by atoms with Gasteiger partial charge < -0.3 is 19.7 Å². The standard InChI is InChI=1S/C22H26N2O4/c1-16-3-8-21(17(2)13-16)28-15-22(26)23-14-20(25)18-4-6-19(7-5-18)24-9-11-27-12-10-24/h3-8,13H,9-12,14-15H2,1-2H3,(H,23,26). The Bertz CT molecular complexity index is 827. The summed E-state index contributed by atoms with van der Waals surface area (Å²) in [6.07, 6.45) is 0. The monoisotopic (exact) mass is 382 g/mol. The van der Waals surface area contributed by atoms with Crippen LogP contribution in [0.5, 0.6) is 5.75 Å². The lowest BCUT2D eigenvalue weighted by atomic mass is 10.1. The number of anilines is 1. The quantitative estimate of drug-likeness (QED) is 0.746. The van der Waals surface area contributed by atoms with E-state index in [4.69, 9.17) is 9.47 Å². The third-order valence-electron chi connectivity index (χ3n) is 4.70. The number of nitrogens with zero attached hydrogens (tertiary/aromatic N) is 1. The molecule has 2 aromatic rings. The van der Waals surface area contributed by atoms with Gasteiger partial charge in [-0.3, -0.25) is 9.59 Å². The van der Waals surface area contributed by atoms with Crippen molar-refractivity contribution in [3.8, 4) is 5.75 Å². The molecule has 0 saturated carbocycles. The van der Waals surface area contributed by atoms with E-state index in [-0.39, 0.29) is 24.8 Å². The molecule has 0 bridgehead atoms. The van der Waals surface area contributed by atoms with E-state index in [1.54, 1.807) is 12.1 Å². The van der Waals surface area contributed by atoms with Gasteiger partial charge in [0.2, 0.25) is 0 Å². The summed E-state index contributed by atoms with van der Waals surface area (Å²) in [5.41, 5.74) is 3.77. The Morgan fingerprint density at radius 1 is 1.07 bits per heavy atom. The highest BCUT2D eigenvalue weighted by molar-refractivity contribution is 5.99. The first-order valence-electron chi connectivity index (χ1n) is 9.45. The lowest BCUT2D eigenvalue weighted by molar-refractivity contribution is -0.122. The number of rotatable bonds is 7. The summed E-state index contributed by atoms with van der Waals surface area (Å²) < 4.78 is 10.9. The molecule has 1 saturated heterocycles. The molecule has 0 unspecified atom stereocenters. The number of aryl methyl sites for hydroxylation is 2. The van der Waals surface area contributed by atoms with Gasteiger partial charge >= 0.3 is 0 Å². The van der Waals surface area contributed by atoms with Gasteiger partial charge in [-0.05, 0) is 49.7 Å². The third kappa shape index (κ3) is 5.33. The topological polar surface area (TPSA) is 67.9 Å². The third-order valence-corrected chi connectivity index (χ3v) is 4.70. The predicted molar refractivity (Wildman–Crippen MR) is 108 cm³/mol. The number of hydrogen-bond acceptors (Lipinski definition) is 5. The van der Waals surface area contributed by atoms with Gasteiger partial charge in [-0.25, -0.2) is 0 Å². The number of amides is 1. The molecule has 3 rings (SSSR count). The molecule has 2 aromatic carbocycles. The van der Waals surface area contributed by atoms with Crippen LogP contribution in [0.3, 0.4) is 0 Å². The van der Waals surface area contributed by atoms with E-state index in [2.05, 4.69) is 10.2 Å². The first-order chi connectivity index (χ1) is 13.5. The number of morpholine rings is 1. The van der Waals surface area contributed by atoms with Crippen molar-refractivity contribution in [1.29, 1.82) is 0 Å². The van der Waals surface area contributed by atoms with Crippen LogP contribution in [0.4, 0.5) is 5.69 Å². The Morgan fingerprint density at radius 3 is 2.46 bits per heavy atom. The molecule has 0 atom stereocenters. The molecule has 1 heterocycles. The minimum Gasteiger partial charge on any atom is -0.484 e. The molecule has 1 amide bonds. The second-order valence-corrected chi connectivity index (χ2v) is 6.90. The van der Waals surface area contributed by atoms with Crippen LogP contribution in [0.15, 0.2) is 42.5 Å². The average Bonchev–Trinajstić information content (AvgIpc) is 2.72. The van der Waals surface area contributed by atoms with Crippen LogP contribution in [-0.2, 0) is 9.53 Å². The minimum absolute atomic E-state index is 0.0496. The number of nitrogens with one attached hydrogen (secondary N) is 1. The van der Waals surface area contributed by atoms with E-state index < -0.39 is 0 Å². The Balaban J connectivity index is 1.45. The molecule has 6 heteroatoms. The Hall–Kier alpha value is -2.86. The predicted octanol–water partition coefficient (Wildman–Crippen LogP) is 2.52. The SMILES string of the molecule is Cc1ccc(OCC(=O)NCC(=O)c2ccc(N3CCOCC3)cc2)c(C)c1. The zero-order valence-corrected chi connectivity index (χ0v) is 16.4. The second kappa shape index (κ2) is 9.37. The Labute approximate surface area is 165 Å². The molecule has 0 radical (unpaired) electrons. The van der Waals surface area contributed by atoms with Crippen molar-refractivity contribution in [1.82, 2.24) is 5.32 Å². The van der Waals surface area contributed by atoms with Gasteiger partial charge in [0.15, 0.2) is 12.4 Å². The number of hydrogen-bond donors (Lipinski definition) is 1. The fourth-order valence-corrected chi connectivity index (χ4v) is 3.12. The summed E-state index contributed by atoms with van der Waals surface area (Å²) in [4.78, 5) is 26.5. The van der Waals surface area contributed by atoms with Crippen LogP contribution >= 0.6 is 0 Å². The van der Waals surface area contributed by atoms with Crippen LogP contribution in [0.1, 0.15) is 21.5 Å². The highest BCUT2D eigenvalue weighted by Crippen LogP contribution is 2.19. The second-order valence-electron chi connectivity index (χ2n) is 6.90. The molecule has 0 spiro atoms. The van der Waals surface area contributed by atoms with E-state index in [1.165, 1.54) is 0 Å². The van der Waals surface area contributed by atoms with E-state index >= 15 is 0 Å². The maximum absolute atomic E-state index is 12.3. The Kier molecular flexibility index (Phi) is 6.66. The van der Waals surface area contributed by atoms with Crippen molar-refractivity contribution < 1.29 is 19.1 Å². The molecule has 1 N–H and O–H groups in total. The molecule has 1 fully saturated rings. The molecule has 1 aliphatic heterocycles. The molecule has 148 valence electrons. The van der Waals surface area contributed by atoms with Gasteiger partial charge in [0.1, 0.15) is 5.75 Å². The van der Waals surface area contributed by atoms with Gasteiger partial charge in [-0.15, -0.1) is 0 Å². The van der Waals surface area contributed by atoms with Crippen LogP contribution in [0.25, 0.3) is 0 Å². The van der Waals surface area contributed by atoms with Crippen molar-refractivity contribution in [2.45, 2.75) is 13.8 Å². The maximum Gasteiger partial charge on any atom is 0.258 e. The average molecular weight is 382 g/mol. The number of benzene rings is 2. The number of Topliss-reactive ketones (excluding diaryl/α,β-unsaturated/α-hetero) is 1. The van der Waals surface area contributed by atoms with E-state index in [1.807, 2.05) is 44.2 Å². The molecular weight excluding hydrogens is 356 g/mol. The zero-order chi connectivity index (χ0) is 19.9. The summed E-state index contributed by atoms with van der Waals surface area (Å²) in [6.45, 7) is 6.91. The van der Waals surface area contributed by atoms with Crippen molar-refractivity contribution in [2.24, 2.45) is 0 Å².